The number of nitrogens with one attached hydrogen (secondary N) is 1. The van der Waals surface area contributed by atoms with Crippen LogP contribution in [0.3, 0.4) is 0 Å². The van der Waals surface area contributed by atoms with Crippen LogP contribution in [-0.4, -0.2) is 25.9 Å². The van der Waals surface area contributed by atoms with Gasteiger partial charge in [-0.1, -0.05) is 19.1 Å². The van der Waals surface area contributed by atoms with Crippen LogP contribution in [-0.2, 0) is 18.0 Å². The van der Waals surface area contributed by atoms with Crippen LogP contribution in [0.15, 0.2) is 42.9 Å². The zero-order chi connectivity index (χ0) is 21.4. The molecule has 0 spiro atoms. The molecular formula is C23H25ClFN5O. The second-order valence-electron chi connectivity index (χ2n) is 8.39. The lowest BCUT2D eigenvalue weighted by atomic mass is 9.74. The number of nitrogens with zero attached hydrogens (tertiary/aromatic N) is 4. The molecule has 0 bridgehead atoms. The molecule has 2 aromatic heterocycles. The number of alkyl halides is 1. The van der Waals surface area contributed by atoms with Crippen molar-refractivity contribution in [2.45, 2.75) is 56.7 Å². The summed E-state index contributed by atoms with van der Waals surface area (Å²) in [6.45, 7) is 3.56. The molecule has 1 aromatic carbocycles. The minimum atomic E-state index is -0.472. The Morgan fingerprint density at radius 2 is 2.23 bits per heavy atom. The van der Waals surface area contributed by atoms with Crippen molar-refractivity contribution in [3.05, 3.63) is 65.6 Å². The van der Waals surface area contributed by atoms with Gasteiger partial charge in [0.15, 0.2) is 11.6 Å². The predicted octanol–water partition coefficient (Wildman–Crippen LogP) is 4.50. The van der Waals surface area contributed by atoms with Gasteiger partial charge in [0.05, 0.1) is 17.1 Å². The van der Waals surface area contributed by atoms with Crippen LogP contribution < -0.4 is 10.1 Å². The Hall–Kier alpha value is -2.51. The molecule has 162 valence electrons. The average molecular weight is 442 g/mol. The minimum Gasteiger partial charge on any atom is -0.472 e. The molecule has 2 aliphatic rings. The van der Waals surface area contributed by atoms with Gasteiger partial charge in [0.25, 0.3) is 5.88 Å². The van der Waals surface area contributed by atoms with E-state index in [1.165, 1.54) is 11.6 Å². The van der Waals surface area contributed by atoms with Crippen molar-refractivity contribution in [2.24, 2.45) is 5.92 Å². The summed E-state index contributed by atoms with van der Waals surface area (Å²) in [5.41, 5.74) is 3.38. The van der Waals surface area contributed by atoms with Crippen LogP contribution in [0.2, 0.25) is 0 Å². The maximum absolute atomic E-state index is 14.0. The van der Waals surface area contributed by atoms with E-state index in [4.69, 9.17) is 16.3 Å². The minimum absolute atomic E-state index is 0.0777. The Bertz CT molecular complexity index is 1090. The highest BCUT2D eigenvalue weighted by Gasteiger charge is 2.41. The Kier molecular flexibility index (Phi) is 5.40. The lowest BCUT2D eigenvalue weighted by molar-refractivity contribution is 0.0654. The van der Waals surface area contributed by atoms with Gasteiger partial charge < -0.3 is 10.1 Å². The summed E-state index contributed by atoms with van der Waals surface area (Å²) >= 11 is 7.24. The first-order chi connectivity index (χ1) is 15.1. The molecular weight excluding hydrogens is 417 g/mol. The Balaban J connectivity index is 1.39. The third kappa shape index (κ3) is 3.81. The van der Waals surface area contributed by atoms with Crippen molar-refractivity contribution in [3.8, 4) is 11.6 Å². The van der Waals surface area contributed by atoms with Crippen LogP contribution in [0.4, 0.5) is 4.39 Å². The lowest BCUT2D eigenvalue weighted by Gasteiger charge is -2.41. The van der Waals surface area contributed by atoms with E-state index in [1.54, 1.807) is 18.6 Å². The van der Waals surface area contributed by atoms with Crippen molar-refractivity contribution >= 4 is 11.6 Å². The van der Waals surface area contributed by atoms with E-state index >= 15 is 0 Å². The van der Waals surface area contributed by atoms with Gasteiger partial charge in [0.1, 0.15) is 12.4 Å². The van der Waals surface area contributed by atoms with Gasteiger partial charge in [-0.25, -0.2) is 9.37 Å². The maximum Gasteiger partial charge on any atom is 0.250 e. The molecule has 0 amide bonds. The highest BCUT2D eigenvalue weighted by molar-refractivity contribution is 6.24. The molecule has 1 aliphatic carbocycles. The fourth-order valence-electron chi connectivity index (χ4n) is 4.81. The number of benzene rings is 1. The molecule has 1 fully saturated rings. The first kappa shape index (κ1) is 20.4. The Morgan fingerprint density at radius 1 is 1.32 bits per heavy atom. The standard InChI is InChI=1S/C23H25ClFN5O/c1-2-15-11-23(24,8-7-20(15)31-22-18(25)4-3-9-27-22)17-5-6-19-16(10-17)12-26-13-21-29-28-14-30(19)21/h3-6,9-10,14-15,20,26H,2,7-8,11-13H2,1H3. The summed E-state index contributed by atoms with van der Waals surface area (Å²) in [6, 6.07) is 9.38. The zero-order valence-electron chi connectivity index (χ0n) is 17.4. The van der Waals surface area contributed by atoms with E-state index in [2.05, 4.69) is 45.6 Å². The molecule has 31 heavy (non-hydrogen) atoms. The number of halogens is 2. The van der Waals surface area contributed by atoms with Crippen LogP contribution in [0.25, 0.3) is 5.69 Å². The fourth-order valence-corrected chi connectivity index (χ4v) is 5.24. The molecule has 5 rings (SSSR count). The molecule has 8 heteroatoms. The van der Waals surface area contributed by atoms with Gasteiger partial charge in [-0.2, -0.15) is 0 Å². The molecule has 0 saturated heterocycles. The molecule has 3 unspecified atom stereocenters. The summed E-state index contributed by atoms with van der Waals surface area (Å²) in [5, 5.41) is 11.7. The molecule has 1 aliphatic heterocycles. The van der Waals surface area contributed by atoms with Crippen LogP contribution in [0.5, 0.6) is 5.88 Å². The highest BCUT2D eigenvalue weighted by Crippen LogP contribution is 2.47. The van der Waals surface area contributed by atoms with Crippen molar-refractivity contribution in [1.29, 1.82) is 0 Å². The maximum atomic E-state index is 14.0. The van der Waals surface area contributed by atoms with E-state index < -0.39 is 10.7 Å². The van der Waals surface area contributed by atoms with Gasteiger partial charge in [0, 0.05) is 12.7 Å². The second kappa shape index (κ2) is 8.20. The van der Waals surface area contributed by atoms with Crippen LogP contribution >= 0.6 is 11.6 Å². The predicted molar refractivity (Wildman–Crippen MR) is 116 cm³/mol. The number of aromatic nitrogens is 4. The average Bonchev–Trinajstić information content (AvgIpc) is 3.17. The van der Waals surface area contributed by atoms with E-state index in [0.717, 1.165) is 49.3 Å². The topological polar surface area (TPSA) is 64.9 Å². The normalized spacial score (nSPS) is 25.4. The molecule has 0 radical (unpaired) electrons. The fraction of sp³-hybridized carbons (Fsp3) is 0.435. The third-order valence-electron chi connectivity index (χ3n) is 6.52. The van der Waals surface area contributed by atoms with Crippen LogP contribution in [0.1, 0.15) is 49.6 Å². The van der Waals surface area contributed by atoms with Gasteiger partial charge in [0.2, 0.25) is 0 Å². The summed E-state index contributed by atoms with van der Waals surface area (Å²) in [5.74, 6) is 0.770. The summed E-state index contributed by atoms with van der Waals surface area (Å²) in [4.78, 5) is 3.59. The lowest BCUT2D eigenvalue weighted by Crippen LogP contribution is -2.39. The third-order valence-corrected chi connectivity index (χ3v) is 7.08. The molecule has 6 nitrogen and oxygen atoms in total. The van der Waals surface area contributed by atoms with Gasteiger partial charge in [-0.15, -0.1) is 21.8 Å². The van der Waals surface area contributed by atoms with E-state index in [9.17, 15) is 4.39 Å². The number of hydrogen-bond donors (Lipinski definition) is 1. The van der Waals surface area contributed by atoms with Crippen molar-refractivity contribution in [1.82, 2.24) is 25.1 Å². The summed E-state index contributed by atoms with van der Waals surface area (Å²) < 4.78 is 22.1. The van der Waals surface area contributed by atoms with Crippen LogP contribution in [0, 0.1) is 11.7 Å². The SMILES string of the molecule is CCC1CC(Cl)(c2ccc3c(c2)CNCc2nncn2-3)CCC1Oc1ncccc1F. The zero-order valence-corrected chi connectivity index (χ0v) is 18.1. The molecule has 1 saturated carbocycles. The monoisotopic (exact) mass is 441 g/mol. The quantitative estimate of drug-likeness (QED) is 0.604. The molecule has 1 N–H and O–H groups in total. The Morgan fingerprint density at radius 3 is 3.06 bits per heavy atom. The first-order valence-corrected chi connectivity index (χ1v) is 11.1. The van der Waals surface area contributed by atoms with Gasteiger partial charge >= 0.3 is 0 Å². The first-order valence-electron chi connectivity index (χ1n) is 10.8. The van der Waals surface area contributed by atoms with Gasteiger partial charge in [-0.05, 0) is 60.9 Å². The highest BCUT2D eigenvalue weighted by atomic mass is 35.5. The number of hydrogen-bond acceptors (Lipinski definition) is 5. The van der Waals surface area contributed by atoms with Crippen molar-refractivity contribution in [3.63, 3.8) is 0 Å². The Labute approximate surface area is 185 Å². The van der Waals surface area contributed by atoms with E-state index in [0.29, 0.717) is 6.54 Å². The summed E-state index contributed by atoms with van der Waals surface area (Å²) in [7, 11) is 0. The number of ether oxygens (including phenoxy) is 1. The number of pyridine rings is 1. The van der Waals surface area contributed by atoms with Crippen molar-refractivity contribution < 1.29 is 9.13 Å². The molecule has 3 aromatic rings. The number of rotatable bonds is 4. The smallest absolute Gasteiger partial charge is 0.250 e. The van der Waals surface area contributed by atoms with E-state index in [-0.39, 0.29) is 17.9 Å². The second-order valence-corrected chi connectivity index (χ2v) is 9.11. The molecule has 3 heterocycles. The van der Waals surface area contributed by atoms with Gasteiger partial charge in [-0.3, -0.25) is 4.57 Å². The molecule has 3 atom stereocenters. The van der Waals surface area contributed by atoms with Crippen molar-refractivity contribution in [2.75, 3.05) is 0 Å². The van der Waals surface area contributed by atoms with E-state index in [1.807, 2.05) is 4.57 Å². The summed E-state index contributed by atoms with van der Waals surface area (Å²) in [6.07, 6.45) is 6.40. The largest absolute Gasteiger partial charge is 0.472 e. The number of fused-ring (bicyclic) bond motifs is 3.